The molecule has 6 heteroatoms. The van der Waals surface area contributed by atoms with Crippen molar-refractivity contribution >= 4 is 0 Å². The van der Waals surface area contributed by atoms with Crippen molar-refractivity contribution in [1.82, 2.24) is 5.32 Å². The molecular formula is C13H27NO5. The number of unbranched alkanes of at least 4 members (excludes halogenated alkanes) is 1. The molecule has 0 bridgehead atoms. The minimum atomic E-state index is -1.24. The van der Waals surface area contributed by atoms with Crippen LogP contribution in [0.1, 0.15) is 33.1 Å². The predicted molar refractivity (Wildman–Crippen MR) is 70.7 cm³/mol. The molecule has 0 saturated carbocycles. The van der Waals surface area contributed by atoms with E-state index < -0.39 is 30.7 Å². The fourth-order valence-corrected chi connectivity index (χ4v) is 1.99. The molecule has 0 aromatic rings. The van der Waals surface area contributed by atoms with E-state index in [2.05, 4.69) is 5.32 Å². The number of aliphatic hydroxyl groups is 3. The van der Waals surface area contributed by atoms with Crippen molar-refractivity contribution in [2.45, 2.75) is 63.8 Å². The van der Waals surface area contributed by atoms with Crippen LogP contribution in [0.5, 0.6) is 0 Å². The summed E-state index contributed by atoms with van der Waals surface area (Å²) in [4.78, 5) is 0. The lowest BCUT2D eigenvalue weighted by Gasteiger charge is -2.40. The second-order valence-corrected chi connectivity index (χ2v) is 4.94. The van der Waals surface area contributed by atoms with Crippen LogP contribution < -0.4 is 5.32 Å². The first kappa shape index (κ1) is 16.8. The molecule has 0 aromatic heterocycles. The smallest absolute Gasteiger partial charge is 0.186 e. The van der Waals surface area contributed by atoms with Crippen LogP contribution in [0.4, 0.5) is 0 Å². The minimum Gasteiger partial charge on any atom is -0.388 e. The van der Waals surface area contributed by atoms with Crippen LogP contribution in [0, 0.1) is 0 Å². The molecule has 1 heterocycles. The predicted octanol–water partition coefficient (Wildman–Crippen LogP) is -0.390. The van der Waals surface area contributed by atoms with Crippen LogP contribution in [-0.2, 0) is 9.47 Å². The molecule has 0 unspecified atom stereocenters. The first-order chi connectivity index (χ1) is 9.11. The Hall–Kier alpha value is -0.240. The minimum absolute atomic E-state index is 0.423. The van der Waals surface area contributed by atoms with Gasteiger partial charge in [-0.05, 0) is 19.4 Å². The van der Waals surface area contributed by atoms with E-state index in [4.69, 9.17) is 9.47 Å². The van der Waals surface area contributed by atoms with Crippen LogP contribution in [0.25, 0.3) is 0 Å². The van der Waals surface area contributed by atoms with Crippen molar-refractivity contribution in [3.05, 3.63) is 0 Å². The van der Waals surface area contributed by atoms with E-state index in [-0.39, 0.29) is 0 Å². The van der Waals surface area contributed by atoms with Gasteiger partial charge in [0.25, 0.3) is 0 Å². The van der Waals surface area contributed by atoms with Gasteiger partial charge in [-0.15, -0.1) is 0 Å². The Morgan fingerprint density at radius 1 is 1.05 bits per heavy atom. The molecule has 0 aromatic carbocycles. The molecule has 1 rings (SSSR count). The van der Waals surface area contributed by atoms with E-state index in [1.165, 1.54) is 0 Å². The van der Waals surface area contributed by atoms with Gasteiger partial charge in [0.1, 0.15) is 24.4 Å². The second-order valence-electron chi connectivity index (χ2n) is 4.94. The third-order valence-electron chi connectivity index (χ3n) is 3.22. The maximum Gasteiger partial charge on any atom is 0.186 e. The average molecular weight is 277 g/mol. The molecule has 1 aliphatic heterocycles. The van der Waals surface area contributed by atoms with Gasteiger partial charge >= 0.3 is 0 Å². The molecule has 1 fully saturated rings. The molecule has 0 aliphatic carbocycles. The van der Waals surface area contributed by atoms with Gasteiger partial charge in [-0.3, -0.25) is 0 Å². The molecule has 114 valence electrons. The average Bonchev–Trinajstić information content (AvgIpc) is 2.41. The van der Waals surface area contributed by atoms with Gasteiger partial charge in [0, 0.05) is 13.2 Å². The monoisotopic (exact) mass is 277 g/mol. The Morgan fingerprint density at radius 3 is 2.42 bits per heavy atom. The van der Waals surface area contributed by atoms with Crippen molar-refractivity contribution in [1.29, 1.82) is 0 Å². The number of rotatable bonds is 8. The van der Waals surface area contributed by atoms with Crippen molar-refractivity contribution in [2.24, 2.45) is 0 Å². The lowest BCUT2D eigenvalue weighted by Crippen LogP contribution is -2.60. The van der Waals surface area contributed by atoms with Gasteiger partial charge in [0.05, 0.1) is 0 Å². The van der Waals surface area contributed by atoms with Crippen LogP contribution in [0.2, 0.25) is 0 Å². The van der Waals surface area contributed by atoms with Gasteiger partial charge < -0.3 is 30.1 Å². The number of ether oxygens (including phenoxy) is 2. The third-order valence-corrected chi connectivity index (χ3v) is 3.22. The zero-order valence-electron chi connectivity index (χ0n) is 11.8. The highest BCUT2D eigenvalue weighted by Gasteiger charge is 2.43. The van der Waals surface area contributed by atoms with E-state index in [1.807, 2.05) is 13.8 Å². The fourth-order valence-electron chi connectivity index (χ4n) is 1.99. The summed E-state index contributed by atoms with van der Waals surface area (Å²) in [5, 5.41) is 32.6. The molecule has 0 radical (unpaired) electrons. The normalized spacial score (nSPS) is 35.5. The van der Waals surface area contributed by atoms with Gasteiger partial charge in [-0.1, -0.05) is 20.3 Å². The first-order valence-corrected chi connectivity index (χ1v) is 7.13. The van der Waals surface area contributed by atoms with E-state index in [0.29, 0.717) is 13.2 Å². The molecule has 0 spiro atoms. The van der Waals surface area contributed by atoms with Gasteiger partial charge in [-0.2, -0.15) is 0 Å². The molecule has 19 heavy (non-hydrogen) atoms. The van der Waals surface area contributed by atoms with E-state index in [9.17, 15) is 15.3 Å². The maximum atomic E-state index is 9.87. The highest BCUT2D eigenvalue weighted by molar-refractivity contribution is 4.90. The van der Waals surface area contributed by atoms with Crippen molar-refractivity contribution in [3.63, 3.8) is 0 Å². The zero-order valence-corrected chi connectivity index (χ0v) is 11.8. The summed E-state index contributed by atoms with van der Waals surface area (Å²) in [5.74, 6) is 0. The molecule has 0 amide bonds. The van der Waals surface area contributed by atoms with E-state index in [0.717, 1.165) is 25.8 Å². The molecule has 1 saturated heterocycles. The van der Waals surface area contributed by atoms with Gasteiger partial charge in [0.2, 0.25) is 0 Å². The van der Waals surface area contributed by atoms with Crippen molar-refractivity contribution in [2.75, 3.05) is 19.7 Å². The summed E-state index contributed by atoms with van der Waals surface area (Å²) in [5.41, 5.74) is 0. The first-order valence-electron chi connectivity index (χ1n) is 7.13. The summed E-state index contributed by atoms with van der Waals surface area (Å²) < 4.78 is 10.9. The number of nitrogens with one attached hydrogen (secondary N) is 1. The van der Waals surface area contributed by atoms with Crippen LogP contribution in [0.15, 0.2) is 0 Å². The topological polar surface area (TPSA) is 91.2 Å². The van der Waals surface area contributed by atoms with Crippen LogP contribution in [-0.4, -0.2) is 65.7 Å². The standard InChI is InChI=1S/C13H27NO5/c1-3-5-7-18-13-12(17)11(16)10(15)9(19-13)8-14-6-4-2/h9-17H,3-8H2,1-2H3/t9-,10-,11+,12-,13+/m1/s1. The van der Waals surface area contributed by atoms with E-state index >= 15 is 0 Å². The van der Waals surface area contributed by atoms with E-state index in [1.54, 1.807) is 0 Å². The molecule has 1 aliphatic rings. The fraction of sp³-hybridized carbons (Fsp3) is 1.00. The highest BCUT2D eigenvalue weighted by Crippen LogP contribution is 2.22. The third kappa shape index (κ3) is 4.98. The maximum absolute atomic E-state index is 9.87. The van der Waals surface area contributed by atoms with Crippen molar-refractivity contribution in [3.8, 4) is 0 Å². The zero-order chi connectivity index (χ0) is 14.3. The largest absolute Gasteiger partial charge is 0.388 e. The van der Waals surface area contributed by atoms with Crippen LogP contribution >= 0.6 is 0 Å². The van der Waals surface area contributed by atoms with Gasteiger partial charge in [0.15, 0.2) is 6.29 Å². The number of hydrogen-bond donors (Lipinski definition) is 4. The summed E-state index contributed by atoms with van der Waals surface area (Å²) in [7, 11) is 0. The molecule has 6 nitrogen and oxygen atoms in total. The quantitative estimate of drug-likeness (QED) is 0.452. The number of aliphatic hydroxyl groups excluding tert-OH is 3. The summed E-state index contributed by atoms with van der Waals surface area (Å²) >= 11 is 0. The Labute approximate surface area is 114 Å². The Balaban J connectivity index is 2.47. The lowest BCUT2D eigenvalue weighted by molar-refractivity contribution is -0.295. The molecule has 4 N–H and O–H groups in total. The molecular weight excluding hydrogens is 250 g/mol. The Kier molecular flexibility index (Phi) is 7.82. The van der Waals surface area contributed by atoms with Crippen LogP contribution in [0.3, 0.4) is 0 Å². The Morgan fingerprint density at radius 2 is 1.79 bits per heavy atom. The second kappa shape index (κ2) is 8.84. The molecule has 5 atom stereocenters. The summed E-state index contributed by atoms with van der Waals surface area (Å²) in [6, 6.07) is 0. The van der Waals surface area contributed by atoms with Gasteiger partial charge in [-0.25, -0.2) is 0 Å². The van der Waals surface area contributed by atoms with Crippen molar-refractivity contribution < 1.29 is 24.8 Å². The number of hydrogen-bond acceptors (Lipinski definition) is 6. The highest BCUT2D eigenvalue weighted by atomic mass is 16.7. The summed E-state index contributed by atoms with van der Waals surface area (Å²) in [6.45, 7) is 5.78. The SMILES string of the molecule is CCCCO[C@H]1O[C@H](CNCCC)[C@@H](O)[C@H](O)[C@H]1O. The summed E-state index contributed by atoms with van der Waals surface area (Å²) in [6.07, 6.45) is -2.19. The Bertz CT molecular complexity index is 219. The lowest BCUT2D eigenvalue weighted by atomic mass is 9.99.